The average molecular weight is 817 g/mol. The van der Waals surface area contributed by atoms with E-state index in [9.17, 15) is 34.2 Å². The molecule has 15 nitrogen and oxygen atoms in total. The van der Waals surface area contributed by atoms with Crippen LogP contribution in [0.2, 0.25) is 0 Å². The molecule has 2 saturated heterocycles. The number of phenolic OH excluding ortho intramolecular Hbond substituents is 1. The van der Waals surface area contributed by atoms with Gasteiger partial charge in [0.05, 0.1) is 38.6 Å². The Bertz CT molecular complexity index is 2360. The summed E-state index contributed by atoms with van der Waals surface area (Å²) >= 11 is 0. The van der Waals surface area contributed by atoms with Crippen LogP contribution in [0, 0.1) is 23.7 Å². The minimum atomic E-state index is -2.26. The van der Waals surface area contributed by atoms with Gasteiger partial charge in [-0.15, -0.1) is 0 Å². The Kier molecular flexibility index (Phi) is 11.7. The molecule has 60 heavy (non-hydrogen) atoms. The van der Waals surface area contributed by atoms with Crippen molar-refractivity contribution in [2.24, 2.45) is 11.8 Å². The lowest BCUT2D eigenvalue weighted by molar-refractivity contribution is -0.179. The van der Waals surface area contributed by atoms with Crippen LogP contribution >= 0.6 is 0 Å². The third kappa shape index (κ3) is 6.99. The molecule has 7 rings (SSSR count). The summed E-state index contributed by atoms with van der Waals surface area (Å²) in [7, 11) is 3.64. The van der Waals surface area contributed by atoms with Gasteiger partial charge in [-0.05, 0) is 52.6 Å². The molecule has 3 heterocycles. The molecule has 0 saturated carbocycles. The number of carbonyl (C=O) groups is 6. The molecule has 308 valence electrons. The molecule has 0 bridgehead atoms. The van der Waals surface area contributed by atoms with Crippen molar-refractivity contribution in [1.29, 1.82) is 0 Å². The fourth-order valence-corrected chi connectivity index (χ4v) is 8.68. The number of esters is 3. The molecule has 3 aliphatic heterocycles. The van der Waals surface area contributed by atoms with E-state index in [1.807, 2.05) is 12.1 Å². The summed E-state index contributed by atoms with van der Waals surface area (Å²) in [5.41, 5.74) is -0.447. The van der Waals surface area contributed by atoms with Crippen LogP contribution in [0.25, 0.3) is 0 Å². The predicted octanol–water partition coefficient (Wildman–Crippen LogP) is 4.63. The summed E-state index contributed by atoms with van der Waals surface area (Å²) in [6, 6.07) is 24.4. The molecular weight excluding hydrogens is 776 g/mol. The van der Waals surface area contributed by atoms with E-state index in [4.69, 9.17) is 23.7 Å². The molecule has 3 aliphatic rings. The molecule has 4 aromatic rings. The fraction of sp³-hybridized carbons (Fsp3) is 0.289. The van der Waals surface area contributed by atoms with Gasteiger partial charge in [0.2, 0.25) is 5.91 Å². The van der Waals surface area contributed by atoms with Gasteiger partial charge in [-0.3, -0.25) is 28.9 Å². The van der Waals surface area contributed by atoms with Gasteiger partial charge in [0.1, 0.15) is 35.8 Å². The van der Waals surface area contributed by atoms with E-state index in [1.165, 1.54) is 37.4 Å². The number of hydrogen-bond acceptors (Lipinski definition) is 13. The van der Waals surface area contributed by atoms with Crippen molar-refractivity contribution < 1.29 is 62.7 Å². The Morgan fingerprint density at radius 3 is 2.03 bits per heavy atom. The molecule has 15 heteroatoms. The summed E-state index contributed by atoms with van der Waals surface area (Å²) < 4.78 is 26.3. The highest BCUT2D eigenvalue weighted by Gasteiger charge is 2.76. The number of nitrogens with zero attached hydrogens (tertiary/aromatic N) is 2. The zero-order valence-corrected chi connectivity index (χ0v) is 32.7. The molecule has 0 unspecified atom stereocenters. The number of hydrogen-bond donors (Lipinski definition) is 2. The summed E-state index contributed by atoms with van der Waals surface area (Å²) in [6.07, 6.45) is -2.42. The Hall–Kier alpha value is -7.02. The molecule has 6 atom stereocenters. The van der Waals surface area contributed by atoms with Gasteiger partial charge in [0, 0.05) is 19.1 Å². The molecule has 4 aromatic carbocycles. The molecule has 0 radical (unpaired) electrons. The topological polar surface area (TPSA) is 196 Å². The fourth-order valence-electron chi connectivity index (χ4n) is 8.68. The van der Waals surface area contributed by atoms with Crippen molar-refractivity contribution >= 4 is 41.6 Å². The predicted molar refractivity (Wildman–Crippen MR) is 210 cm³/mol. The number of cyclic esters (lactones) is 1. The molecule has 0 aromatic heterocycles. The lowest BCUT2D eigenvalue weighted by atomic mass is 9.65. The minimum Gasteiger partial charge on any atom is -0.508 e. The van der Waals surface area contributed by atoms with Crippen molar-refractivity contribution in [2.45, 2.75) is 36.1 Å². The number of methoxy groups -OCH3 is 3. The quantitative estimate of drug-likeness (QED) is 0.0739. The molecular formula is C45H40N2O13. The third-order valence-electron chi connectivity index (χ3n) is 11.1. The number of amides is 2. The highest BCUT2D eigenvalue weighted by Crippen LogP contribution is 2.66. The Balaban J connectivity index is 1.51. The third-order valence-corrected chi connectivity index (χ3v) is 11.1. The SMILES string of the molecule is COCCOC(=O)N1C(=O)[C@@]2(c3cc(C#CCC(C(=O)OC)C(=O)OC)ccc31)[C@H](C(=O)O)[C@H]1C(=O)O[C@H](c3ccccc3)[C@H](c3ccccc3)N1[C@@H]2c1ccc(O)cc1. The summed E-state index contributed by atoms with van der Waals surface area (Å²) in [6.45, 7) is -0.250. The first-order chi connectivity index (χ1) is 29.0. The molecule has 2 amide bonds. The Morgan fingerprint density at radius 2 is 1.43 bits per heavy atom. The number of phenols is 1. The van der Waals surface area contributed by atoms with Crippen molar-refractivity contribution in [1.82, 2.24) is 4.90 Å². The maximum atomic E-state index is 15.7. The van der Waals surface area contributed by atoms with Crippen molar-refractivity contribution in [3.63, 3.8) is 0 Å². The van der Waals surface area contributed by atoms with Crippen molar-refractivity contribution in [2.75, 3.05) is 39.4 Å². The van der Waals surface area contributed by atoms with Crippen LogP contribution < -0.4 is 4.90 Å². The van der Waals surface area contributed by atoms with E-state index in [0.29, 0.717) is 16.7 Å². The number of carbonyl (C=O) groups excluding carboxylic acids is 5. The standard InChI is InChI=1S/C45H40N2O13/c1-56-23-24-59-44(55)46-33-22-17-26(11-10-16-31(40(51)57-2)41(52)58-3)25-32(33)45(43(46)54)34(39(49)50)36-42(53)60-37(28-14-8-5-9-15-28)35(27-12-6-4-7-13-27)47(36)38(45)29-18-20-30(48)21-19-29/h4-9,12-15,17-22,25,31,34-38,48H,16,23-24H2,1-3H3,(H,49,50)/t34-,35-,36-,37+,38+,45-/m0/s1. The normalized spacial score (nSPS) is 22.9. The van der Waals surface area contributed by atoms with Gasteiger partial charge in [-0.1, -0.05) is 84.6 Å². The average Bonchev–Trinajstić information content (AvgIpc) is 3.72. The number of rotatable bonds is 10. The Labute approximate surface area is 344 Å². The number of aliphatic carboxylic acids is 1. The number of carboxylic acid groups (broad SMARTS) is 1. The smallest absolute Gasteiger partial charge is 0.421 e. The number of anilines is 1. The van der Waals surface area contributed by atoms with Crippen LogP contribution in [0.4, 0.5) is 10.5 Å². The van der Waals surface area contributed by atoms with Crippen molar-refractivity contribution in [3.8, 4) is 17.6 Å². The maximum absolute atomic E-state index is 15.7. The summed E-state index contributed by atoms with van der Waals surface area (Å²) in [4.78, 5) is 85.7. The van der Waals surface area contributed by atoms with E-state index in [2.05, 4.69) is 11.8 Å². The van der Waals surface area contributed by atoms with E-state index in [1.54, 1.807) is 65.6 Å². The van der Waals surface area contributed by atoms with Gasteiger partial charge in [-0.2, -0.15) is 0 Å². The lowest BCUT2D eigenvalue weighted by Crippen LogP contribution is -2.53. The van der Waals surface area contributed by atoms with Crippen LogP contribution in [-0.4, -0.2) is 91.6 Å². The summed E-state index contributed by atoms with van der Waals surface area (Å²) in [5, 5.41) is 21.9. The number of fused-ring (bicyclic) bond motifs is 3. The van der Waals surface area contributed by atoms with Gasteiger partial charge in [0.25, 0.3) is 0 Å². The lowest BCUT2D eigenvalue weighted by Gasteiger charge is -2.46. The molecule has 2 fully saturated rings. The molecule has 1 spiro atoms. The number of ether oxygens (including phenoxy) is 5. The highest BCUT2D eigenvalue weighted by atomic mass is 16.6. The number of morpholine rings is 1. The van der Waals surface area contributed by atoms with Crippen LogP contribution in [0.3, 0.4) is 0 Å². The first-order valence-electron chi connectivity index (χ1n) is 18.9. The van der Waals surface area contributed by atoms with Gasteiger partial charge < -0.3 is 33.9 Å². The maximum Gasteiger partial charge on any atom is 0.421 e. The van der Waals surface area contributed by atoms with Crippen LogP contribution in [-0.2, 0) is 53.1 Å². The first-order valence-corrected chi connectivity index (χ1v) is 18.9. The van der Waals surface area contributed by atoms with Crippen molar-refractivity contribution in [3.05, 3.63) is 131 Å². The second kappa shape index (κ2) is 17.1. The van der Waals surface area contributed by atoms with E-state index >= 15 is 4.79 Å². The van der Waals surface area contributed by atoms with Gasteiger partial charge in [-0.25, -0.2) is 9.69 Å². The zero-order valence-electron chi connectivity index (χ0n) is 32.7. The van der Waals surface area contributed by atoms with Crippen LogP contribution in [0.1, 0.15) is 52.4 Å². The number of carboxylic acids is 1. The molecule has 0 aliphatic carbocycles. The van der Waals surface area contributed by atoms with E-state index < -0.39 is 77.4 Å². The zero-order chi connectivity index (χ0) is 42.7. The number of benzene rings is 4. The Morgan fingerprint density at radius 1 is 0.800 bits per heavy atom. The van der Waals surface area contributed by atoms with E-state index in [-0.39, 0.29) is 42.2 Å². The minimum absolute atomic E-state index is 0.00630. The first kappa shape index (κ1) is 41.2. The summed E-state index contributed by atoms with van der Waals surface area (Å²) in [5.74, 6) is -2.85. The largest absolute Gasteiger partial charge is 0.508 e. The van der Waals surface area contributed by atoms with Gasteiger partial charge in [0.15, 0.2) is 5.92 Å². The van der Waals surface area contributed by atoms with Gasteiger partial charge >= 0.3 is 30.0 Å². The highest BCUT2D eigenvalue weighted by molar-refractivity contribution is 6.23. The van der Waals surface area contributed by atoms with E-state index in [0.717, 1.165) is 19.1 Å². The van der Waals surface area contributed by atoms with Crippen LogP contribution in [0.5, 0.6) is 5.75 Å². The second-order valence-corrected chi connectivity index (χ2v) is 14.3. The number of imide groups is 1. The molecule has 2 N–H and O–H groups in total. The monoisotopic (exact) mass is 816 g/mol. The second-order valence-electron chi connectivity index (χ2n) is 14.3. The van der Waals surface area contributed by atoms with Crippen LogP contribution in [0.15, 0.2) is 103 Å². The number of aromatic hydroxyl groups is 1.